The number of halogens is 1. The quantitative estimate of drug-likeness (QED) is 0.891. The molecule has 17 heavy (non-hydrogen) atoms. The number of hydrogen-bond donors (Lipinski definition) is 1. The Kier molecular flexibility index (Phi) is 3.75. The van der Waals surface area contributed by atoms with Gasteiger partial charge in [-0.2, -0.15) is 0 Å². The maximum Gasteiger partial charge on any atom is 0.137 e. The molecule has 0 fully saturated rings. The van der Waals surface area contributed by atoms with Crippen molar-refractivity contribution in [1.82, 2.24) is 5.32 Å². The summed E-state index contributed by atoms with van der Waals surface area (Å²) >= 11 is 6.08. The van der Waals surface area contributed by atoms with Crippen LogP contribution in [0.4, 0.5) is 0 Å². The van der Waals surface area contributed by atoms with E-state index in [1.54, 1.807) is 0 Å². The maximum atomic E-state index is 6.08. The summed E-state index contributed by atoms with van der Waals surface area (Å²) in [4.78, 5) is 0. The molecule has 0 saturated carbocycles. The van der Waals surface area contributed by atoms with Crippen LogP contribution in [-0.4, -0.2) is 12.6 Å². The summed E-state index contributed by atoms with van der Waals surface area (Å²) in [5, 5.41) is 5.32. The summed E-state index contributed by atoms with van der Waals surface area (Å²) in [6.07, 6.45) is 2.81. The standard InChI is InChI=1S/C14H18ClNO/c1-9(2)16-5-4-11-8-17-14-10(3)6-12(15)7-13(11)14/h6-9,16H,4-5H2,1-3H3. The molecule has 0 spiro atoms. The first kappa shape index (κ1) is 12.5. The highest BCUT2D eigenvalue weighted by atomic mass is 35.5. The van der Waals surface area contributed by atoms with Crippen molar-refractivity contribution in [2.45, 2.75) is 33.2 Å². The number of hydrogen-bond acceptors (Lipinski definition) is 2. The zero-order valence-electron chi connectivity index (χ0n) is 10.5. The highest BCUT2D eigenvalue weighted by Crippen LogP contribution is 2.28. The third-order valence-electron chi connectivity index (χ3n) is 2.85. The van der Waals surface area contributed by atoms with Gasteiger partial charge in [0.15, 0.2) is 0 Å². The van der Waals surface area contributed by atoms with Crippen molar-refractivity contribution in [3.05, 3.63) is 34.5 Å². The number of benzene rings is 1. The lowest BCUT2D eigenvalue weighted by atomic mass is 10.1. The lowest BCUT2D eigenvalue weighted by molar-refractivity contribution is 0.580. The van der Waals surface area contributed by atoms with Gasteiger partial charge in [0.2, 0.25) is 0 Å². The van der Waals surface area contributed by atoms with E-state index in [9.17, 15) is 0 Å². The molecule has 0 unspecified atom stereocenters. The number of rotatable bonds is 4. The third kappa shape index (κ3) is 2.82. The van der Waals surface area contributed by atoms with Crippen molar-refractivity contribution in [3.63, 3.8) is 0 Å². The van der Waals surface area contributed by atoms with Gasteiger partial charge in [0.1, 0.15) is 5.58 Å². The summed E-state index contributed by atoms with van der Waals surface area (Å²) in [6.45, 7) is 7.27. The van der Waals surface area contributed by atoms with Gasteiger partial charge in [-0.3, -0.25) is 0 Å². The first-order valence-electron chi connectivity index (χ1n) is 5.97. The second-order valence-electron chi connectivity index (χ2n) is 4.72. The Balaban J connectivity index is 2.23. The monoisotopic (exact) mass is 251 g/mol. The molecule has 2 rings (SSSR count). The molecule has 3 heteroatoms. The minimum atomic E-state index is 0.512. The van der Waals surface area contributed by atoms with Crippen LogP contribution in [0.2, 0.25) is 5.02 Å². The first-order valence-corrected chi connectivity index (χ1v) is 6.35. The van der Waals surface area contributed by atoms with Crippen LogP contribution in [0.25, 0.3) is 11.0 Å². The van der Waals surface area contributed by atoms with E-state index in [1.807, 2.05) is 25.3 Å². The van der Waals surface area contributed by atoms with Gasteiger partial charge in [-0.1, -0.05) is 25.4 Å². The molecule has 0 bridgehead atoms. The normalized spacial score (nSPS) is 11.6. The van der Waals surface area contributed by atoms with Crippen LogP contribution in [0.5, 0.6) is 0 Å². The van der Waals surface area contributed by atoms with E-state index >= 15 is 0 Å². The van der Waals surface area contributed by atoms with E-state index < -0.39 is 0 Å². The van der Waals surface area contributed by atoms with E-state index in [2.05, 4.69) is 19.2 Å². The van der Waals surface area contributed by atoms with Crippen molar-refractivity contribution >= 4 is 22.6 Å². The van der Waals surface area contributed by atoms with Gasteiger partial charge in [-0.15, -0.1) is 0 Å². The van der Waals surface area contributed by atoms with Crippen LogP contribution in [0.15, 0.2) is 22.8 Å². The second-order valence-corrected chi connectivity index (χ2v) is 5.16. The Morgan fingerprint density at radius 2 is 2.12 bits per heavy atom. The largest absolute Gasteiger partial charge is 0.464 e. The SMILES string of the molecule is Cc1cc(Cl)cc2c(CCNC(C)C)coc12. The molecule has 92 valence electrons. The minimum absolute atomic E-state index is 0.512. The molecule has 0 amide bonds. The highest BCUT2D eigenvalue weighted by molar-refractivity contribution is 6.31. The van der Waals surface area contributed by atoms with Gasteiger partial charge >= 0.3 is 0 Å². The van der Waals surface area contributed by atoms with Crippen molar-refractivity contribution in [2.75, 3.05) is 6.54 Å². The van der Waals surface area contributed by atoms with Crippen LogP contribution in [-0.2, 0) is 6.42 Å². The zero-order chi connectivity index (χ0) is 12.4. The van der Waals surface area contributed by atoms with E-state index in [1.165, 1.54) is 5.56 Å². The average Bonchev–Trinajstić information content (AvgIpc) is 2.61. The zero-order valence-corrected chi connectivity index (χ0v) is 11.3. The topological polar surface area (TPSA) is 25.2 Å². The van der Waals surface area contributed by atoms with Crippen molar-refractivity contribution < 1.29 is 4.42 Å². The average molecular weight is 252 g/mol. The Labute approximate surface area is 107 Å². The van der Waals surface area contributed by atoms with Crippen LogP contribution in [0.3, 0.4) is 0 Å². The van der Waals surface area contributed by atoms with Crippen molar-refractivity contribution in [2.24, 2.45) is 0 Å². The van der Waals surface area contributed by atoms with Crippen molar-refractivity contribution in [3.8, 4) is 0 Å². The fourth-order valence-corrected chi connectivity index (χ4v) is 2.28. The van der Waals surface area contributed by atoms with Crippen molar-refractivity contribution in [1.29, 1.82) is 0 Å². The number of fused-ring (bicyclic) bond motifs is 1. The van der Waals surface area contributed by atoms with Gasteiger partial charge in [0, 0.05) is 16.5 Å². The van der Waals surface area contributed by atoms with E-state index in [0.717, 1.165) is 34.5 Å². The molecule has 2 nitrogen and oxygen atoms in total. The molecule has 0 aliphatic heterocycles. The molecule has 0 aliphatic rings. The molecule has 1 aromatic heterocycles. The van der Waals surface area contributed by atoms with Gasteiger partial charge in [0.25, 0.3) is 0 Å². The molecular formula is C14H18ClNO. The van der Waals surface area contributed by atoms with Crippen LogP contribution < -0.4 is 5.32 Å². The summed E-state index contributed by atoms with van der Waals surface area (Å²) < 4.78 is 5.61. The molecule has 1 aromatic carbocycles. The lowest BCUT2D eigenvalue weighted by Gasteiger charge is -2.06. The van der Waals surface area contributed by atoms with Gasteiger partial charge in [0.05, 0.1) is 6.26 Å². The van der Waals surface area contributed by atoms with Crippen LogP contribution in [0.1, 0.15) is 25.0 Å². The second kappa shape index (κ2) is 5.11. The van der Waals surface area contributed by atoms with Gasteiger partial charge in [-0.05, 0) is 43.1 Å². The molecule has 1 heterocycles. The Morgan fingerprint density at radius 1 is 1.35 bits per heavy atom. The summed E-state index contributed by atoms with van der Waals surface area (Å²) in [5.41, 5.74) is 3.27. The fraction of sp³-hybridized carbons (Fsp3) is 0.429. The predicted molar refractivity (Wildman–Crippen MR) is 72.8 cm³/mol. The number of furan rings is 1. The summed E-state index contributed by atoms with van der Waals surface area (Å²) in [7, 11) is 0. The molecule has 0 radical (unpaired) electrons. The van der Waals surface area contributed by atoms with E-state index in [0.29, 0.717) is 6.04 Å². The van der Waals surface area contributed by atoms with Crippen LogP contribution in [0, 0.1) is 6.92 Å². The molecule has 0 saturated heterocycles. The molecule has 1 N–H and O–H groups in total. The van der Waals surface area contributed by atoms with E-state index in [4.69, 9.17) is 16.0 Å². The number of aryl methyl sites for hydroxylation is 1. The Morgan fingerprint density at radius 3 is 2.82 bits per heavy atom. The lowest BCUT2D eigenvalue weighted by Crippen LogP contribution is -2.24. The Bertz CT molecular complexity index is 516. The number of nitrogens with one attached hydrogen (secondary N) is 1. The maximum absolute atomic E-state index is 6.08. The summed E-state index contributed by atoms with van der Waals surface area (Å²) in [5.74, 6) is 0. The molecule has 0 aliphatic carbocycles. The Hall–Kier alpha value is -0.990. The van der Waals surface area contributed by atoms with Gasteiger partial charge in [-0.25, -0.2) is 0 Å². The minimum Gasteiger partial charge on any atom is -0.464 e. The highest BCUT2D eigenvalue weighted by Gasteiger charge is 2.09. The van der Waals surface area contributed by atoms with E-state index in [-0.39, 0.29) is 0 Å². The third-order valence-corrected chi connectivity index (χ3v) is 3.07. The molecular weight excluding hydrogens is 234 g/mol. The smallest absolute Gasteiger partial charge is 0.137 e. The predicted octanol–water partition coefficient (Wildman–Crippen LogP) is 3.94. The molecule has 2 aromatic rings. The summed E-state index contributed by atoms with van der Waals surface area (Å²) in [6, 6.07) is 4.43. The van der Waals surface area contributed by atoms with Gasteiger partial charge < -0.3 is 9.73 Å². The molecule has 0 atom stereocenters. The van der Waals surface area contributed by atoms with Crippen LogP contribution >= 0.6 is 11.6 Å². The first-order chi connectivity index (χ1) is 8.08. The fourth-order valence-electron chi connectivity index (χ4n) is 2.01.